The Morgan fingerprint density at radius 3 is 2.31 bits per heavy atom. The maximum absolute atomic E-state index is 13.0. The highest BCUT2D eigenvalue weighted by atomic mass is 35.5. The third-order valence-corrected chi connectivity index (χ3v) is 6.24. The summed E-state index contributed by atoms with van der Waals surface area (Å²) in [7, 11) is 0. The van der Waals surface area contributed by atoms with Crippen molar-refractivity contribution in [2.75, 3.05) is 44.2 Å². The predicted molar refractivity (Wildman–Crippen MR) is 137 cm³/mol. The Balaban J connectivity index is 1.34. The quantitative estimate of drug-likeness (QED) is 0.544. The zero-order chi connectivity index (χ0) is 24.6. The molecular weight excluding hydrogens is 464 g/mol. The van der Waals surface area contributed by atoms with Crippen LogP contribution in [0.15, 0.2) is 66.7 Å². The van der Waals surface area contributed by atoms with E-state index in [-0.39, 0.29) is 18.5 Å². The van der Waals surface area contributed by atoms with Gasteiger partial charge in [0.25, 0.3) is 0 Å². The van der Waals surface area contributed by atoms with Crippen molar-refractivity contribution in [2.24, 2.45) is 0 Å². The van der Waals surface area contributed by atoms with Crippen LogP contribution in [-0.2, 0) is 11.3 Å². The first kappa shape index (κ1) is 24.5. The highest BCUT2D eigenvalue weighted by molar-refractivity contribution is 6.33. The van der Waals surface area contributed by atoms with Crippen LogP contribution in [0.1, 0.15) is 12.5 Å². The molecule has 2 heterocycles. The van der Waals surface area contributed by atoms with E-state index < -0.39 is 0 Å². The molecule has 0 spiro atoms. The van der Waals surface area contributed by atoms with E-state index in [0.717, 1.165) is 22.6 Å². The van der Waals surface area contributed by atoms with Crippen LogP contribution in [0.25, 0.3) is 11.3 Å². The second-order valence-electron chi connectivity index (χ2n) is 8.30. The second-order valence-corrected chi connectivity index (χ2v) is 8.71. The van der Waals surface area contributed by atoms with Crippen LogP contribution in [0.2, 0.25) is 5.02 Å². The van der Waals surface area contributed by atoms with Crippen molar-refractivity contribution in [1.82, 2.24) is 25.3 Å². The van der Waals surface area contributed by atoms with Gasteiger partial charge in [-0.1, -0.05) is 60.1 Å². The van der Waals surface area contributed by atoms with Gasteiger partial charge in [-0.15, -0.1) is 10.2 Å². The number of piperazine rings is 1. The minimum Gasteiger partial charge on any atom is -0.352 e. The zero-order valence-corrected chi connectivity index (χ0v) is 20.5. The summed E-state index contributed by atoms with van der Waals surface area (Å²) in [5.74, 6) is 0.702. The third-order valence-electron chi connectivity index (χ3n) is 5.91. The molecule has 3 aromatic rings. The van der Waals surface area contributed by atoms with Gasteiger partial charge in [-0.25, -0.2) is 4.79 Å². The van der Waals surface area contributed by atoms with Crippen LogP contribution in [-0.4, -0.2) is 71.2 Å². The zero-order valence-electron chi connectivity index (χ0n) is 19.7. The van der Waals surface area contributed by atoms with Crippen LogP contribution in [0.4, 0.5) is 10.6 Å². The molecule has 3 amide bonds. The lowest BCUT2D eigenvalue weighted by Gasteiger charge is -2.36. The molecule has 1 aliphatic heterocycles. The van der Waals surface area contributed by atoms with Gasteiger partial charge in [-0.2, -0.15) is 0 Å². The van der Waals surface area contributed by atoms with E-state index in [1.54, 1.807) is 9.80 Å². The number of aromatic nitrogens is 2. The standard InChI is InChI=1S/C26H29ClN6O2/c1-2-28-26(35)33(18-20-8-4-3-5-9-20)19-25(34)32-16-14-31(15-17-32)24-13-12-23(29-30-24)21-10-6-7-11-22(21)27/h3-13H,2,14-19H2,1H3,(H,28,35). The lowest BCUT2D eigenvalue weighted by atomic mass is 10.1. The number of nitrogens with one attached hydrogen (secondary N) is 1. The van der Waals surface area contributed by atoms with E-state index in [9.17, 15) is 9.59 Å². The van der Waals surface area contributed by atoms with Crippen molar-refractivity contribution in [2.45, 2.75) is 13.5 Å². The van der Waals surface area contributed by atoms with Gasteiger partial charge in [0.15, 0.2) is 5.82 Å². The molecule has 0 unspecified atom stereocenters. The maximum Gasteiger partial charge on any atom is 0.318 e. The van der Waals surface area contributed by atoms with Gasteiger partial charge < -0.3 is 20.0 Å². The average Bonchev–Trinajstić information content (AvgIpc) is 2.89. The fourth-order valence-electron chi connectivity index (χ4n) is 4.02. The topological polar surface area (TPSA) is 81.7 Å². The van der Waals surface area contributed by atoms with E-state index in [1.165, 1.54) is 0 Å². The van der Waals surface area contributed by atoms with Crippen molar-refractivity contribution in [3.63, 3.8) is 0 Å². The van der Waals surface area contributed by atoms with E-state index >= 15 is 0 Å². The number of urea groups is 1. The summed E-state index contributed by atoms with van der Waals surface area (Å²) < 4.78 is 0. The van der Waals surface area contributed by atoms with Crippen molar-refractivity contribution in [3.8, 4) is 11.3 Å². The smallest absolute Gasteiger partial charge is 0.318 e. The highest BCUT2D eigenvalue weighted by Gasteiger charge is 2.25. The number of amides is 3. The number of nitrogens with zero attached hydrogens (tertiary/aromatic N) is 5. The van der Waals surface area contributed by atoms with Crippen LogP contribution >= 0.6 is 11.6 Å². The molecule has 0 atom stereocenters. The second kappa shape index (κ2) is 11.7. The molecule has 4 rings (SSSR count). The molecule has 1 aliphatic rings. The van der Waals surface area contributed by atoms with E-state index in [2.05, 4.69) is 20.4 Å². The van der Waals surface area contributed by atoms with E-state index in [1.807, 2.05) is 73.7 Å². The van der Waals surface area contributed by atoms with E-state index in [4.69, 9.17) is 11.6 Å². The molecular formula is C26H29ClN6O2. The molecule has 1 fully saturated rings. The Kier molecular flexibility index (Phi) is 8.15. The van der Waals surface area contributed by atoms with Crippen molar-refractivity contribution < 1.29 is 9.59 Å². The van der Waals surface area contributed by atoms with Gasteiger partial charge in [0.1, 0.15) is 6.54 Å². The molecule has 1 N–H and O–H groups in total. The minimum absolute atomic E-state index is 0.0348. The lowest BCUT2D eigenvalue weighted by Crippen LogP contribution is -2.52. The summed E-state index contributed by atoms with van der Waals surface area (Å²) in [5, 5.41) is 12.2. The molecule has 1 saturated heterocycles. The summed E-state index contributed by atoms with van der Waals surface area (Å²) in [6, 6.07) is 20.8. The summed E-state index contributed by atoms with van der Waals surface area (Å²) in [6.07, 6.45) is 0. The first-order chi connectivity index (χ1) is 17.0. The van der Waals surface area contributed by atoms with Crippen molar-refractivity contribution >= 4 is 29.4 Å². The van der Waals surface area contributed by atoms with Crippen LogP contribution in [0.5, 0.6) is 0 Å². The summed E-state index contributed by atoms with van der Waals surface area (Å²) in [4.78, 5) is 31.1. The van der Waals surface area contributed by atoms with Crippen LogP contribution in [0, 0.1) is 0 Å². The Hall–Kier alpha value is -3.65. The Morgan fingerprint density at radius 1 is 0.943 bits per heavy atom. The van der Waals surface area contributed by atoms with Gasteiger partial charge in [0, 0.05) is 44.8 Å². The molecule has 0 aliphatic carbocycles. The molecule has 182 valence electrons. The van der Waals surface area contributed by atoms with Gasteiger partial charge in [-0.05, 0) is 30.7 Å². The van der Waals surface area contributed by atoms with Crippen molar-refractivity contribution in [3.05, 3.63) is 77.3 Å². The fourth-order valence-corrected chi connectivity index (χ4v) is 4.25. The summed E-state index contributed by atoms with van der Waals surface area (Å²) in [6.45, 7) is 5.19. The highest BCUT2D eigenvalue weighted by Crippen LogP contribution is 2.26. The number of hydrogen-bond acceptors (Lipinski definition) is 5. The van der Waals surface area contributed by atoms with Crippen LogP contribution < -0.4 is 10.2 Å². The summed E-state index contributed by atoms with van der Waals surface area (Å²) >= 11 is 6.27. The number of anilines is 1. The van der Waals surface area contributed by atoms with Crippen LogP contribution in [0.3, 0.4) is 0 Å². The van der Waals surface area contributed by atoms with Gasteiger partial charge in [0.05, 0.1) is 10.7 Å². The normalized spacial score (nSPS) is 13.4. The number of benzene rings is 2. The number of carbonyl (C=O) groups is 2. The number of hydrogen-bond donors (Lipinski definition) is 1. The molecule has 2 aromatic carbocycles. The Labute approximate surface area is 210 Å². The molecule has 0 bridgehead atoms. The predicted octanol–water partition coefficient (Wildman–Crippen LogP) is 3.68. The van der Waals surface area contributed by atoms with Crippen molar-refractivity contribution in [1.29, 1.82) is 0 Å². The SMILES string of the molecule is CCNC(=O)N(CC(=O)N1CCN(c2ccc(-c3ccccc3Cl)nn2)CC1)Cc1ccccc1. The van der Waals surface area contributed by atoms with Gasteiger partial charge >= 0.3 is 6.03 Å². The summed E-state index contributed by atoms with van der Waals surface area (Å²) in [5.41, 5.74) is 2.54. The average molecular weight is 493 g/mol. The van der Waals surface area contributed by atoms with E-state index in [0.29, 0.717) is 44.3 Å². The lowest BCUT2D eigenvalue weighted by molar-refractivity contribution is -0.132. The van der Waals surface area contributed by atoms with Gasteiger partial charge in [-0.3, -0.25) is 4.79 Å². The Morgan fingerprint density at radius 2 is 1.66 bits per heavy atom. The van der Waals surface area contributed by atoms with Gasteiger partial charge in [0.2, 0.25) is 5.91 Å². The monoisotopic (exact) mass is 492 g/mol. The molecule has 9 heteroatoms. The Bertz CT molecular complexity index is 1130. The molecule has 8 nitrogen and oxygen atoms in total. The molecule has 35 heavy (non-hydrogen) atoms. The number of halogens is 1. The molecule has 0 radical (unpaired) electrons. The first-order valence-electron chi connectivity index (χ1n) is 11.7. The molecule has 1 aromatic heterocycles. The number of rotatable bonds is 7. The molecule has 0 saturated carbocycles. The third kappa shape index (κ3) is 6.27. The largest absolute Gasteiger partial charge is 0.352 e. The number of carbonyl (C=O) groups excluding carboxylic acids is 2. The maximum atomic E-state index is 13.0. The fraction of sp³-hybridized carbons (Fsp3) is 0.308. The first-order valence-corrected chi connectivity index (χ1v) is 12.1. The minimum atomic E-state index is -0.239.